The van der Waals surface area contributed by atoms with Gasteiger partial charge in [-0.25, -0.2) is 0 Å². The van der Waals surface area contributed by atoms with E-state index in [2.05, 4.69) is 40.2 Å². The SMILES string of the molecule is CCCN(Cc1ccc(N)cc1)c1cc(C)cnn1. The van der Waals surface area contributed by atoms with Crippen LogP contribution in [-0.4, -0.2) is 16.7 Å². The van der Waals surface area contributed by atoms with E-state index in [0.717, 1.165) is 36.6 Å². The Morgan fingerprint density at radius 2 is 1.95 bits per heavy atom. The number of benzene rings is 1. The molecule has 0 spiro atoms. The van der Waals surface area contributed by atoms with Crippen molar-refractivity contribution in [2.45, 2.75) is 26.8 Å². The molecule has 0 fully saturated rings. The summed E-state index contributed by atoms with van der Waals surface area (Å²) in [4.78, 5) is 2.24. The molecule has 100 valence electrons. The van der Waals surface area contributed by atoms with E-state index in [1.807, 2.05) is 19.1 Å². The minimum atomic E-state index is 0.793. The van der Waals surface area contributed by atoms with E-state index in [0.29, 0.717) is 0 Å². The third kappa shape index (κ3) is 3.68. The third-order valence-electron chi connectivity index (χ3n) is 2.95. The van der Waals surface area contributed by atoms with Crippen LogP contribution in [0.4, 0.5) is 11.5 Å². The third-order valence-corrected chi connectivity index (χ3v) is 2.95. The first kappa shape index (κ1) is 13.3. The summed E-state index contributed by atoms with van der Waals surface area (Å²) in [6.45, 7) is 5.99. The Bertz CT molecular complexity index is 522. The summed E-state index contributed by atoms with van der Waals surface area (Å²) in [5, 5.41) is 8.25. The van der Waals surface area contributed by atoms with E-state index in [9.17, 15) is 0 Å². The monoisotopic (exact) mass is 256 g/mol. The van der Waals surface area contributed by atoms with Gasteiger partial charge in [0.05, 0.1) is 6.20 Å². The van der Waals surface area contributed by atoms with Gasteiger partial charge in [-0.1, -0.05) is 19.1 Å². The zero-order valence-corrected chi connectivity index (χ0v) is 11.5. The molecule has 0 aliphatic heterocycles. The van der Waals surface area contributed by atoms with Gasteiger partial charge in [0.1, 0.15) is 0 Å². The van der Waals surface area contributed by atoms with Crippen LogP contribution in [-0.2, 0) is 6.54 Å². The van der Waals surface area contributed by atoms with Gasteiger partial charge in [-0.15, -0.1) is 5.10 Å². The lowest BCUT2D eigenvalue weighted by Crippen LogP contribution is -2.24. The normalized spacial score (nSPS) is 10.4. The van der Waals surface area contributed by atoms with Crippen molar-refractivity contribution in [3.05, 3.63) is 47.7 Å². The van der Waals surface area contributed by atoms with Crippen LogP contribution in [0.2, 0.25) is 0 Å². The second kappa shape index (κ2) is 6.18. The molecule has 4 nitrogen and oxygen atoms in total. The molecule has 2 aromatic rings. The molecule has 0 unspecified atom stereocenters. The fraction of sp³-hybridized carbons (Fsp3) is 0.333. The summed E-state index contributed by atoms with van der Waals surface area (Å²) in [6.07, 6.45) is 2.85. The highest BCUT2D eigenvalue weighted by molar-refractivity contribution is 5.43. The number of nitrogen functional groups attached to an aromatic ring is 1. The molecule has 1 aromatic carbocycles. The number of hydrogen-bond acceptors (Lipinski definition) is 4. The van der Waals surface area contributed by atoms with E-state index in [1.165, 1.54) is 5.56 Å². The van der Waals surface area contributed by atoms with Gasteiger partial charge >= 0.3 is 0 Å². The van der Waals surface area contributed by atoms with Gasteiger partial charge in [-0.3, -0.25) is 0 Å². The molecule has 0 bridgehead atoms. The van der Waals surface area contributed by atoms with E-state index in [1.54, 1.807) is 6.20 Å². The zero-order valence-electron chi connectivity index (χ0n) is 11.5. The number of anilines is 2. The van der Waals surface area contributed by atoms with Gasteiger partial charge < -0.3 is 10.6 Å². The van der Waals surface area contributed by atoms with Gasteiger partial charge in [0.25, 0.3) is 0 Å². The molecule has 0 aliphatic carbocycles. The second-order valence-corrected chi connectivity index (χ2v) is 4.75. The minimum Gasteiger partial charge on any atom is -0.399 e. The molecule has 0 saturated carbocycles. The van der Waals surface area contributed by atoms with E-state index < -0.39 is 0 Å². The lowest BCUT2D eigenvalue weighted by atomic mass is 10.2. The first-order valence-corrected chi connectivity index (χ1v) is 6.57. The predicted molar refractivity (Wildman–Crippen MR) is 79.0 cm³/mol. The van der Waals surface area contributed by atoms with Crippen molar-refractivity contribution >= 4 is 11.5 Å². The smallest absolute Gasteiger partial charge is 0.151 e. The molecule has 0 saturated heterocycles. The quantitative estimate of drug-likeness (QED) is 0.836. The predicted octanol–water partition coefficient (Wildman–Crippen LogP) is 2.78. The maximum Gasteiger partial charge on any atom is 0.151 e. The average Bonchev–Trinajstić information content (AvgIpc) is 2.41. The highest BCUT2D eigenvalue weighted by Crippen LogP contribution is 2.16. The van der Waals surface area contributed by atoms with Crippen molar-refractivity contribution in [1.82, 2.24) is 10.2 Å². The lowest BCUT2D eigenvalue weighted by molar-refractivity contribution is 0.743. The Kier molecular flexibility index (Phi) is 4.34. The summed E-state index contributed by atoms with van der Waals surface area (Å²) < 4.78 is 0. The van der Waals surface area contributed by atoms with Gasteiger partial charge in [-0.05, 0) is 42.7 Å². The van der Waals surface area contributed by atoms with Crippen LogP contribution in [0, 0.1) is 6.92 Å². The Labute approximate surface area is 114 Å². The number of aromatic nitrogens is 2. The number of nitrogens with two attached hydrogens (primary N) is 1. The highest BCUT2D eigenvalue weighted by atomic mass is 15.3. The summed E-state index contributed by atoms with van der Waals surface area (Å²) in [5.74, 6) is 0.929. The largest absolute Gasteiger partial charge is 0.399 e. The van der Waals surface area contributed by atoms with Crippen LogP contribution in [0.25, 0.3) is 0 Å². The molecule has 19 heavy (non-hydrogen) atoms. The van der Waals surface area contributed by atoms with E-state index >= 15 is 0 Å². The maximum absolute atomic E-state index is 5.71. The van der Waals surface area contributed by atoms with Crippen molar-refractivity contribution in [2.24, 2.45) is 0 Å². The first-order valence-electron chi connectivity index (χ1n) is 6.57. The number of hydrogen-bond donors (Lipinski definition) is 1. The fourth-order valence-electron chi connectivity index (χ4n) is 1.99. The number of rotatable bonds is 5. The fourth-order valence-corrected chi connectivity index (χ4v) is 1.99. The summed E-state index contributed by atoms with van der Waals surface area (Å²) in [5.41, 5.74) is 8.86. The summed E-state index contributed by atoms with van der Waals surface area (Å²) >= 11 is 0. The van der Waals surface area contributed by atoms with E-state index in [4.69, 9.17) is 5.73 Å². The molecule has 1 heterocycles. The van der Waals surface area contributed by atoms with Crippen molar-refractivity contribution in [2.75, 3.05) is 17.2 Å². The first-order chi connectivity index (χ1) is 9.19. The van der Waals surface area contributed by atoms with Crippen LogP contribution in [0.5, 0.6) is 0 Å². The van der Waals surface area contributed by atoms with Gasteiger partial charge in [-0.2, -0.15) is 5.10 Å². The van der Waals surface area contributed by atoms with Gasteiger partial charge in [0, 0.05) is 18.8 Å². The number of aryl methyl sites for hydroxylation is 1. The second-order valence-electron chi connectivity index (χ2n) is 4.75. The molecular weight excluding hydrogens is 236 g/mol. The van der Waals surface area contributed by atoms with Crippen LogP contribution in [0.1, 0.15) is 24.5 Å². The molecule has 4 heteroatoms. The molecule has 0 aliphatic rings. The van der Waals surface area contributed by atoms with E-state index in [-0.39, 0.29) is 0 Å². The minimum absolute atomic E-state index is 0.793. The van der Waals surface area contributed by atoms with Gasteiger partial charge in [0.2, 0.25) is 0 Å². The van der Waals surface area contributed by atoms with Crippen molar-refractivity contribution in [3.63, 3.8) is 0 Å². The lowest BCUT2D eigenvalue weighted by Gasteiger charge is -2.23. The Morgan fingerprint density at radius 3 is 2.58 bits per heavy atom. The standard InChI is InChI=1S/C15H20N4/c1-3-8-19(15-9-12(2)10-17-18-15)11-13-4-6-14(16)7-5-13/h4-7,9-10H,3,8,11,16H2,1-2H3. The van der Waals surface area contributed by atoms with Crippen molar-refractivity contribution in [3.8, 4) is 0 Å². The molecular formula is C15H20N4. The highest BCUT2D eigenvalue weighted by Gasteiger charge is 2.08. The average molecular weight is 256 g/mol. The summed E-state index contributed by atoms with van der Waals surface area (Å²) in [7, 11) is 0. The topological polar surface area (TPSA) is 55.0 Å². The Hall–Kier alpha value is -2.10. The molecule has 2 rings (SSSR count). The Morgan fingerprint density at radius 1 is 1.21 bits per heavy atom. The Balaban J connectivity index is 2.18. The van der Waals surface area contributed by atoms with Crippen LogP contribution in [0.3, 0.4) is 0 Å². The number of nitrogens with zero attached hydrogens (tertiary/aromatic N) is 3. The molecule has 2 N–H and O–H groups in total. The van der Waals surface area contributed by atoms with Crippen molar-refractivity contribution in [1.29, 1.82) is 0 Å². The molecule has 1 aromatic heterocycles. The summed E-state index contributed by atoms with van der Waals surface area (Å²) in [6, 6.07) is 10.0. The van der Waals surface area contributed by atoms with Crippen molar-refractivity contribution < 1.29 is 0 Å². The molecule has 0 atom stereocenters. The molecule has 0 radical (unpaired) electrons. The van der Waals surface area contributed by atoms with Gasteiger partial charge in [0.15, 0.2) is 5.82 Å². The van der Waals surface area contributed by atoms with Crippen LogP contribution in [0.15, 0.2) is 36.5 Å². The van der Waals surface area contributed by atoms with Crippen LogP contribution < -0.4 is 10.6 Å². The zero-order chi connectivity index (χ0) is 13.7. The maximum atomic E-state index is 5.71. The molecule has 0 amide bonds. The van der Waals surface area contributed by atoms with Crippen LogP contribution >= 0.6 is 0 Å².